The lowest BCUT2D eigenvalue weighted by Gasteiger charge is -2.22. The molecular weight excluding hydrogens is 182 g/mol. The van der Waals surface area contributed by atoms with Gasteiger partial charge in [0.2, 0.25) is 0 Å². The average molecular weight is 203 g/mol. The second-order valence-corrected chi connectivity index (χ2v) is 5.61. The molecular formula is C10H21NOS. The maximum atomic E-state index is 4.99. The second-order valence-electron chi connectivity index (χ2n) is 3.93. The largest absolute Gasteiger partial charge is 0.385 e. The van der Waals surface area contributed by atoms with Gasteiger partial charge in [-0.15, -0.1) is 0 Å². The Balaban J connectivity index is 1.98. The maximum absolute atomic E-state index is 4.99. The topological polar surface area (TPSA) is 21.3 Å². The quantitative estimate of drug-likeness (QED) is 0.666. The molecule has 1 saturated heterocycles. The normalized spacial score (nSPS) is 28.2. The Kier molecular flexibility index (Phi) is 5.14. The van der Waals surface area contributed by atoms with Crippen LogP contribution in [-0.4, -0.2) is 37.3 Å². The smallest absolute Gasteiger partial charge is 0.0474 e. The van der Waals surface area contributed by atoms with E-state index in [0.29, 0.717) is 4.75 Å². The molecule has 0 aromatic rings. The third-order valence-electron chi connectivity index (χ3n) is 2.50. The van der Waals surface area contributed by atoms with Gasteiger partial charge in [-0.1, -0.05) is 0 Å². The highest BCUT2D eigenvalue weighted by atomic mass is 32.2. The van der Waals surface area contributed by atoms with Crippen molar-refractivity contribution in [2.75, 3.05) is 32.6 Å². The first-order valence-corrected chi connectivity index (χ1v) is 6.09. The Morgan fingerprint density at radius 1 is 1.54 bits per heavy atom. The monoisotopic (exact) mass is 203 g/mol. The summed E-state index contributed by atoms with van der Waals surface area (Å²) in [6, 6.07) is 0. The molecule has 78 valence electrons. The fourth-order valence-corrected chi connectivity index (χ4v) is 2.94. The standard InChI is InChI=1S/C10H21NOS/c1-10(5-3-8-13-10)9-11-6-4-7-12-2/h11H,3-9H2,1-2H3. The molecule has 0 spiro atoms. The van der Waals surface area contributed by atoms with Crippen LogP contribution in [0, 0.1) is 0 Å². The number of nitrogens with one attached hydrogen (secondary N) is 1. The molecule has 1 fully saturated rings. The first kappa shape index (κ1) is 11.3. The lowest BCUT2D eigenvalue weighted by atomic mass is 10.1. The van der Waals surface area contributed by atoms with Gasteiger partial charge in [0.05, 0.1) is 0 Å². The van der Waals surface area contributed by atoms with E-state index in [4.69, 9.17) is 4.74 Å². The van der Waals surface area contributed by atoms with Gasteiger partial charge in [-0.2, -0.15) is 11.8 Å². The predicted octanol–water partition coefficient (Wildman–Crippen LogP) is 1.90. The zero-order valence-corrected chi connectivity index (χ0v) is 9.58. The summed E-state index contributed by atoms with van der Waals surface area (Å²) in [6.07, 6.45) is 3.88. The summed E-state index contributed by atoms with van der Waals surface area (Å²) in [6.45, 7) is 5.48. The van der Waals surface area contributed by atoms with E-state index in [1.165, 1.54) is 18.6 Å². The summed E-state index contributed by atoms with van der Waals surface area (Å²) in [5, 5.41) is 3.50. The number of methoxy groups -OCH3 is 1. The Morgan fingerprint density at radius 2 is 2.38 bits per heavy atom. The molecule has 1 N–H and O–H groups in total. The molecule has 0 saturated carbocycles. The van der Waals surface area contributed by atoms with E-state index in [1.54, 1.807) is 7.11 Å². The highest BCUT2D eigenvalue weighted by molar-refractivity contribution is 8.00. The maximum Gasteiger partial charge on any atom is 0.0474 e. The van der Waals surface area contributed by atoms with Crippen LogP contribution >= 0.6 is 11.8 Å². The van der Waals surface area contributed by atoms with Gasteiger partial charge < -0.3 is 10.1 Å². The van der Waals surface area contributed by atoms with Gasteiger partial charge >= 0.3 is 0 Å². The van der Waals surface area contributed by atoms with E-state index in [1.807, 2.05) is 0 Å². The van der Waals surface area contributed by atoms with Gasteiger partial charge in [0.15, 0.2) is 0 Å². The van der Waals surface area contributed by atoms with Crippen LogP contribution < -0.4 is 5.32 Å². The molecule has 0 bridgehead atoms. The number of rotatable bonds is 6. The summed E-state index contributed by atoms with van der Waals surface area (Å²) in [5.41, 5.74) is 0. The SMILES string of the molecule is COCCCNCC1(C)CCCS1. The van der Waals surface area contributed by atoms with Crippen LogP contribution in [0.3, 0.4) is 0 Å². The summed E-state index contributed by atoms with van der Waals surface area (Å²) in [7, 11) is 1.76. The predicted molar refractivity (Wildman–Crippen MR) is 59.5 cm³/mol. The first-order valence-electron chi connectivity index (χ1n) is 5.10. The lowest BCUT2D eigenvalue weighted by molar-refractivity contribution is 0.194. The summed E-state index contributed by atoms with van der Waals surface area (Å²) in [5.74, 6) is 1.34. The molecule has 0 aromatic heterocycles. The summed E-state index contributed by atoms with van der Waals surface area (Å²) < 4.78 is 5.50. The Hall–Kier alpha value is 0.270. The van der Waals surface area contributed by atoms with E-state index in [2.05, 4.69) is 24.0 Å². The highest BCUT2D eigenvalue weighted by Gasteiger charge is 2.28. The molecule has 1 aliphatic rings. The highest BCUT2D eigenvalue weighted by Crippen LogP contribution is 2.36. The Labute approximate surface area is 85.8 Å². The van der Waals surface area contributed by atoms with E-state index in [9.17, 15) is 0 Å². The summed E-state index contributed by atoms with van der Waals surface area (Å²) in [4.78, 5) is 0. The van der Waals surface area contributed by atoms with Crippen molar-refractivity contribution in [3.8, 4) is 0 Å². The van der Waals surface area contributed by atoms with Crippen LogP contribution in [-0.2, 0) is 4.74 Å². The molecule has 1 aliphatic heterocycles. The molecule has 13 heavy (non-hydrogen) atoms. The first-order chi connectivity index (χ1) is 6.27. The molecule has 0 aliphatic carbocycles. The van der Waals surface area contributed by atoms with Crippen LogP contribution in [0.15, 0.2) is 0 Å². The zero-order valence-electron chi connectivity index (χ0n) is 8.77. The third kappa shape index (κ3) is 4.34. The fourth-order valence-electron chi connectivity index (χ4n) is 1.67. The molecule has 1 atom stereocenters. The lowest BCUT2D eigenvalue weighted by Crippen LogP contribution is -2.33. The Morgan fingerprint density at radius 3 is 3.00 bits per heavy atom. The van der Waals surface area contributed by atoms with Crippen molar-refractivity contribution in [1.29, 1.82) is 0 Å². The minimum absolute atomic E-state index is 0.507. The van der Waals surface area contributed by atoms with Gasteiger partial charge in [0.1, 0.15) is 0 Å². The van der Waals surface area contributed by atoms with Crippen molar-refractivity contribution in [2.45, 2.75) is 30.9 Å². The molecule has 1 heterocycles. The van der Waals surface area contributed by atoms with E-state index < -0.39 is 0 Å². The van der Waals surface area contributed by atoms with E-state index in [-0.39, 0.29) is 0 Å². The minimum Gasteiger partial charge on any atom is -0.385 e. The van der Waals surface area contributed by atoms with Crippen molar-refractivity contribution in [1.82, 2.24) is 5.32 Å². The minimum atomic E-state index is 0.507. The number of hydrogen-bond donors (Lipinski definition) is 1. The van der Waals surface area contributed by atoms with Gasteiger partial charge in [0.25, 0.3) is 0 Å². The number of hydrogen-bond acceptors (Lipinski definition) is 3. The molecule has 0 aromatic carbocycles. The fraction of sp³-hybridized carbons (Fsp3) is 1.00. The zero-order chi connectivity index (χ0) is 9.57. The van der Waals surface area contributed by atoms with Crippen LogP contribution in [0.5, 0.6) is 0 Å². The van der Waals surface area contributed by atoms with Crippen molar-refractivity contribution in [2.24, 2.45) is 0 Å². The van der Waals surface area contributed by atoms with Crippen molar-refractivity contribution < 1.29 is 4.74 Å². The van der Waals surface area contributed by atoms with Crippen LogP contribution in [0.1, 0.15) is 26.2 Å². The van der Waals surface area contributed by atoms with Gasteiger partial charge in [-0.05, 0) is 38.5 Å². The third-order valence-corrected chi connectivity index (χ3v) is 4.04. The average Bonchev–Trinajstić information content (AvgIpc) is 2.53. The molecule has 1 unspecified atom stereocenters. The molecule has 3 heteroatoms. The molecule has 2 nitrogen and oxygen atoms in total. The van der Waals surface area contributed by atoms with Crippen molar-refractivity contribution in [3.05, 3.63) is 0 Å². The van der Waals surface area contributed by atoms with Gasteiger partial charge in [-0.25, -0.2) is 0 Å². The molecule has 1 rings (SSSR count). The number of ether oxygens (including phenoxy) is 1. The second kappa shape index (κ2) is 5.89. The van der Waals surface area contributed by atoms with Gasteiger partial charge in [0, 0.05) is 25.0 Å². The van der Waals surface area contributed by atoms with Gasteiger partial charge in [-0.3, -0.25) is 0 Å². The summed E-state index contributed by atoms with van der Waals surface area (Å²) >= 11 is 2.11. The Bertz CT molecular complexity index is 135. The molecule has 0 amide bonds. The molecule has 0 radical (unpaired) electrons. The van der Waals surface area contributed by atoms with Crippen LogP contribution in [0.25, 0.3) is 0 Å². The van der Waals surface area contributed by atoms with Crippen LogP contribution in [0.4, 0.5) is 0 Å². The van der Waals surface area contributed by atoms with Crippen molar-refractivity contribution in [3.63, 3.8) is 0 Å². The van der Waals surface area contributed by atoms with E-state index in [0.717, 1.165) is 26.1 Å². The van der Waals surface area contributed by atoms with Crippen LogP contribution in [0.2, 0.25) is 0 Å². The number of thioether (sulfide) groups is 1. The van der Waals surface area contributed by atoms with E-state index >= 15 is 0 Å². The van der Waals surface area contributed by atoms with Crippen molar-refractivity contribution >= 4 is 11.8 Å².